The number of hydrogen-bond donors (Lipinski definition) is 0. The van der Waals surface area contributed by atoms with Crippen molar-refractivity contribution in [3.05, 3.63) is 431 Å². The smallest absolute Gasteiger partial charge is 0.0788 e. The van der Waals surface area contributed by atoms with Crippen LogP contribution in [0.4, 0.5) is 0 Å². The zero-order valence-electron chi connectivity index (χ0n) is 62.3. The van der Waals surface area contributed by atoms with Gasteiger partial charge in [-0.1, -0.05) is 400 Å². The van der Waals surface area contributed by atoms with Crippen LogP contribution in [0.15, 0.2) is 431 Å². The SMILES string of the molecule is c1cc(-c2ccc(-c3nc4ccccc4c4c3ccc3ccccc34)cc2)cc(-c2cccc3ccccc23)c1.c1ccc2c(-c3ccc(-c4ccc(-c5nc6ccccc6c6c5ccc5ccccc56)cc4)cc3)cccc2c1.c1ccc2cc(-c3ccc(-c4nc5ccccc5c5c4ccc4ccccc45)cc3)ccc2c1. The van der Waals surface area contributed by atoms with Gasteiger partial charge < -0.3 is 0 Å². The number of rotatable bonds is 8. The van der Waals surface area contributed by atoms with Crippen molar-refractivity contribution in [1.29, 1.82) is 0 Å². The molecule has 0 saturated heterocycles. The van der Waals surface area contributed by atoms with Crippen LogP contribution in [-0.4, -0.2) is 15.0 Å². The highest BCUT2D eigenvalue weighted by Gasteiger charge is 2.19. The van der Waals surface area contributed by atoms with Gasteiger partial charge in [-0.3, -0.25) is 0 Å². The van der Waals surface area contributed by atoms with Crippen LogP contribution in [-0.2, 0) is 0 Å². The molecule has 530 valence electrons. The van der Waals surface area contributed by atoms with E-state index in [1.165, 1.54) is 169 Å². The normalized spacial score (nSPS) is 11.5. The molecule has 0 unspecified atom stereocenters. The molecule has 0 amide bonds. The maximum atomic E-state index is 5.17. The number of fused-ring (bicyclic) bond motifs is 18. The third kappa shape index (κ3) is 12.3. The molecule has 0 bridgehead atoms. The topological polar surface area (TPSA) is 38.7 Å². The zero-order chi connectivity index (χ0) is 75.4. The number of benzene rings is 20. The van der Waals surface area contributed by atoms with Crippen LogP contribution < -0.4 is 0 Å². The second kappa shape index (κ2) is 28.8. The first-order chi connectivity index (χ1) is 56.5. The Kier molecular flexibility index (Phi) is 16.9. The molecule has 0 fully saturated rings. The van der Waals surface area contributed by atoms with E-state index in [0.29, 0.717) is 0 Å². The molecule has 0 N–H and O–H groups in total. The molecule has 3 nitrogen and oxygen atoms in total. The molecule has 0 saturated carbocycles. The Morgan fingerprint density at radius 1 is 0.123 bits per heavy atom. The van der Waals surface area contributed by atoms with E-state index in [1.54, 1.807) is 0 Å². The van der Waals surface area contributed by atoms with Gasteiger partial charge in [0.2, 0.25) is 0 Å². The van der Waals surface area contributed by atoms with E-state index >= 15 is 0 Å². The van der Waals surface area contributed by atoms with Gasteiger partial charge in [-0.05, 0) is 151 Å². The van der Waals surface area contributed by atoms with Crippen LogP contribution in [0.2, 0.25) is 0 Å². The first-order valence-electron chi connectivity index (χ1n) is 39.1. The molecular weight excluding hydrogens is 1380 g/mol. The molecule has 20 aromatic carbocycles. The first kappa shape index (κ1) is 67.1. The summed E-state index contributed by atoms with van der Waals surface area (Å²) in [5, 5.41) is 26.1. The van der Waals surface area contributed by atoms with Crippen LogP contribution in [0.1, 0.15) is 0 Å². The highest BCUT2D eigenvalue weighted by Crippen LogP contribution is 2.43. The van der Waals surface area contributed by atoms with Gasteiger partial charge in [-0.25, -0.2) is 15.0 Å². The van der Waals surface area contributed by atoms with Gasteiger partial charge >= 0.3 is 0 Å². The Balaban J connectivity index is 0.000000108. The number of nitrogens with zero attached hydrogens (tertiary/aromatic N) is 3. The van der Waals surface area contributed by atoms with Gasteiger partial charge in [0, 0.05) is 65.2 Å². The largest absolute Gasteiger partial charge is 0.247 e. The van der Waals surface area contributed by atoms with Crippen molar-refractivity contribution in [1.82, 2.24) is 15.0 Å². The van der Waals surface area contributed by atoms with Crippen molar-refractivity contribution < 1.29 is 0 Å². The van der Waals surface area contributed by atoms with E-state index in [1.807, 2.05) is 0 Å². The second-order valence-corrected chi connectivity index (χ2v) is 29.6. The van der Waals surface area contributed by atoms with E-state index in [2.05, 4.69) is 431 Å². The molecule has 3 heterocycles. The molecule has 0 radical (unpaired) electrons. The number of aromatic nitrogens is 3. The van der Waals surface area contributed by atoms with Gasteiger partial charge in [-0.15, -0.1) is 0 Å². The molecule has 0 aliphatic rings. The van der Waals surface area contributed by atoms with Gasteiger partial charge in [0.05, 0.1) is 33.6 Å². The third-order valence-electron chi connectivity index (χ3n) is 22.9. The van der Waals surface area contributed by atoms with Crippen molar-refractivity contribution in [3.8, 4) is 89.4 Å². The van der Waals surface area contributed by atoms with E-state index in [4.69, 9.17) is 15.0 Å². The summed E-state index contributed by atoms with van der Waals surface area (Å²) in [6.07, 6.45) is 0. The summed E-state index contributed by atoms with van der Waals surface area (Å²) < 4.78 is 0. The Bertz CT molecular complexity index is 7640. The molecule has 23 aromatic rings. The lowest BCUT2D eigenvalue weighted by Gasteiger charge is -2.13. The standard InChI is InChI=1S/2C39H25N.C33H21N/c1-3-14-32-27(9-1)11-8-17-33(32)31-13-7-12-30(25-31)26-19-21-29(22-20-26)39-36-24-23-28-10-2-4-15-34(28)38(36)35-16-5-6-18-37(35)40-39;1-3-11-32-28(8-1)10-7-14-33(32)30-20-16-26(17-21-30)27-18-22-31(23-19-27)39-36-25-24-29-9-2-4-12-34(29)38(36)35-13-5-6-15-37(35)40-39;1-2-9-26-21-27(18-15-22(26)7-1)23-13-16-25(17-14-23)33-30-20-19-24-8-3-4-10-28(24)32(30)29-11-5-6-12-31(29)34-33/h2*1-25H;1-21H. The van der Waals surface area contributed by atoms with Crippen molar-refractivity contribution in [2.75, 3.05) is 0 Å². The quantitative estimate of drug-likeness (QED) is 0.142. The first-order valence-corrected chi connectivity index (χ1v) is 39.1. The summed E-state index contributed by atoms with van der Waals surface area (Å²) in [5.74, 6) is 0. The average molecular weight is 1450 g/mol. The number of hydrogen-bond acceptors (Lipinski definition) is 3. The monoisotopic (exact) mass is 1450 g/mol. The lowest BCUT2D eigenvalue weighted by molar-refractivity contribution is 1.43. The lowest BCUT2D eigenvalue weighted by Crippen LogP contribution is -1.91. The molecular formula is C111H71N3. The predicted octanol–water partition coefficient (Wildman–Crippen LogP) is 30.4. The minimum absolute atomic E-state index is 1.02. The maximum Gasteiger partial charge on any atom is 0.0788 e. The summed E-state index contributed by atoms with van der Waals surface area (Å²) in [6, 6.07) is 154. The van der Waals surface area contributed by atoms with Crippen LogP contribution >= 0.6 is 0 Å². The fourth-order valence-corrected chi connectivity index (χ4v) is 17.3. The second-order valence-electron chi connectivity index (χ2n) is 29.6. The Hall–Kier alpha value is -15.0. The van der Waals surface area contributed by atoms with Gasteiger partial charge in [0.1, 0.15) is 0 Å². The Morgan fingerprint density at radius 3 is 0.781 bits per heavy atom. The summed E-state index contributed by atoms with van der Waals surface area (Å²) in [6.45, 7) is 0. The zero-order valence-corrected chi connectivity index (χ0v) is 62.3. The van der Waals surface area contributed by atoms with Crippen LogP contribution in [0.3, 0.4) is 0 Å². The molecule has 0 spiro atoms. The van der Waals surface area contributed by atoms with Crippen molar-refractivity contribution >= 4 is 130 Å². The summed E-state index contributed by atoms with van der Waals surface area (Å²) >= 11 is 0. The van der Waals surface area contributed by atoms with Crippen molar-refractivity contribution in [3.63, 3.8) is 0 Å². The maximum absolute atomic E-state index is 5.17. The highest BCUT2D eigenvalue weighted by molar-refractivity contribution is 6.25. The highest BCUT2D eigenvalue weighted by atomic mass is 14.7. The minimum Gasteiger partial charge on any atom is -0.247 e. The van der Waals surface area contributed by atoms with Crippen molar-refractivity contribution in [2.45, 2.75) is 0 Å². The fourth-order valence-electron chi connectivity index (χ4n) is 17.3. The van der Waals surface area contributed by atoms with E-state index in [9.17, 15) is 0 Å². The van der Waals surface area contributed by atoms with Gasteiger partial charge in [0.15, 0.2) is 0 Å². The van der Waals surface area contributed by atoms with Gasteiger partial charge in [0.25, 0.3) is 0 Å². The van der Waals surface area contributed by atoms with Crippen LogP contribution in [0.5, 0.6) is 0 Å². The number of para-hydroxylation sites is 3. The molecule has 114 heavy (non-hydrogen) atoms. The van der Waals surface area contributed by atoms with Gasteiger partial charge in [-0.2, -0.15) is 0 Å². The molecule has 0 atom stereocenters. The minimum atomic E-state index is 1.02. The molecule has 23 rings (SSSR count). The fraction of sp³-hybridized carbons (Fsp3) is 0. The molecule has 0 aliphatic carbocycles. The molecule has 3 heteroatoms. The van der Waals surface area contributed by atoms with Crippen LogP contribution in [0, 0.1) is 0 Å². The molecule has 0 aliphatic heterocycles. The lowest BCUT2D eigenvalue weighted by atomic mass is 9.93. The summed E-state index contributed by atoms with van der Waals surface area (Å²) in [7, 11) is 0. The van der Waals surface area contributed by atoms with Crippen molar-refractivity contribution in [2.24, 2.45) is 0 Å². The van der Waals surface area contributed by atoms with Crippen LogP contribution in [0.25, 0.3) is 219 Å². The third-order valence-corrected chi connectivity index (χ3v) is 22.9. The Labute approximate surface area is 660 Å². The molecule has 3 aromatic heterocycles. The number of pyridine rings is 3. The van der Waals surface area contributed by atoms with E-state index < -0.39 is 0 Å². The predicted molar refractivity (Wildman–Crippen MR) is 486 cm³/mol. The summed E-state index contributed by atoms with van der Waals surface area (Å²) in [4.78, 5) is 15.4. The van der Waals surface area contributed by atoms with E-state index in [-0.39, 0.29) is 0 Å². The summed E-state index contributed by atoms with van der Waals surface area (Å²) in [5.41, 5.74) is 21.8. The Morgan fingerprint density at radius 2 is 0.377 bits per heavy atom. The average Bonchev–Trinajstić information content (AvgIpc) is 0.750. The van der Waals surface area contributed by atoms with E-state index in [0.717, 1.165) is 50.3 Å².